The highest BCUT2D eigenvalue weighted by molar-refractivity contribution is 5.98. The molecule has 0 aliphatic heterocycles. The van der Waals surface area contributed by atoms with Gasteiger partial charge in [0.1, 0.15) is 6.29 Å². The maximum atomic E-state index is 11.5. The Kier molecular flexibility index (Phi) is 6.27. The molecule has 0 fully saturated rings. The van der Waals surface area contributed by atoms with Crippen LogP contribution in [0.3, 0.4) is 0 Å². The minimum atomic E-state index is -1.46. The van der Waals surface area contributed by atoms with Crippen molar-refractivity contribution in [2.45, 2.75) is 26.4 Å². The average molecular weight is 254 g/mol. The van der Waals surface area contributed by atoms with Crippen molar-refractivity contribution in [1.29, 1.82) is 0 Å². The number of aldehydes is 1. The molecule has 98 valence electrons. The first-order valence-corrected chi connectivity index (χ1v) is 5.01. The van der Waals surface area contributed by atoms with Crippen LogP contribution in [0.15, 0.2) is 24.3 Å². The molecule has 1 atom stereocenters. The predicted octanol–water partition coefficient (Wildman–Crippen LogP) is 0.709. The third-order valence-electron chi connectivity index (χ3n) is 1.71. The SMILES string of the molecule is C=C(C)C(=O)OC(=O)C(CC=O)OC(=O)C(=C)C. The number of carbonyl (C=O) groups excluding carboxylic acids is 4. The molecular weight excluding hydrogens is 240 g/mol. The normalized spacial score (nSPS) is 11.0. The molecule has 0 amide bonds. The lowest BCUT2D eigenvalue weighted by Crippen LogP contribution is -2.31. The maximum absolute atomic E-state index is 11.5. The number of hydrogen-bond donors (Lipinski definition) is 0. The summed E-state index contributed by atoms with van der Waals surface area (Å²) in [6.07, 6.45) is -1.49. The van der Waals surface area contributed by atoms with Gasteiger partial charge in [0.2, 0.25) is 6.10 Å². The summed E-state index contributed by atoms with van der Waals surface area (Å²) in [5, 5.41) is 0. The lowest BCUT2D eigenvalue weighted by atomic mass is 10.2. The molecule has 0 rings (SSSR count). The smallest absolute Gasteiger partial charge is 0.355 e. The summed E-state index contributed by atoms with van der Waals surface area (Å²) in [5.74, 6) is -2.91. The molecular formula is C12H14O6. The summed E-state index contributed by atoms with van der Waals surface area (Å²) < 4.78 is 9.03. The van der Waals surface area contributed by atoms with Crippen LogP contribution in [0, 0.1) is 0 Å². The zero-order valence-electron chi connectivity index (χ0n) is 10.2. The molecule has 18 heavy (non-hydrogen) atoms. The second-order valence-electron chi connectivity index (χ2n) is 3.57. The summed E-state index contributed by atoms with van der Waals surface area (Å²) in [5.41, 5.74) is 0.0735. The molecule has 6 heteroatoms. The monoisotopic (exact) mass is 254 g/mol. The predicted molar refractivity (Wildman–Crippen MR) is 61.3 cm³/mol. The van der Waals surface area contributed by atoms with Gasteiger partial charge in [-0.05, 0) is 13.8 Å². The first kappa shape index (κ1) is 15.8. The number of rotatable bonds is 6. The van der Waals surface area contributed by atoms with Crippen molar-refractivity contribution in [3.63, 3.8) is 0 Å². The van der Waals surface area contributed by atoms with Gasteiger partial charge in [0.15, 0.2) is 0 Å². The number of carbonyl (C=O) groups is 4. The van der Waals surface area contributed by atoms with Gasteiger partial charge in [0.25, 0.3) is 0 Å². The molecule has 6 nitrogen and oxygen atoms in total. The van der Waals surface area contributed by atoms with Gasteiger partial charge in [0.05, 0.1) is 6.42 Å². The molecule has 0 N–H and O–H groups in total. The van der Waals surface area contributed by atoms with E-state index >= 15 is 0 Å². The Labute approximate surface area is 104 Å². The molecule has 0 spiro atoms. The van der Waals surface area contributed by atoms with E-state index < -0.39 is 30.4 Å². The van der Waals surface area contributed by atoms with Gasteiger partial charge < -0.3 is 14.3 Å². The lowest BCUT2D eigenvalue weighted by Gasteiger charge is -2.13. The molecule has 1 unspecified atom stereocenters. The highest BCUT2D eigenvalue weighted by Crippen LogP contribution is 2.06. The second-order valence-corrected chi connectivity index (χ2v) is 3.57. The molecule has 0 aromatic heterocycles. The van der Waals surface area contributed by atoms with Crippen molar-refractivity contribution in [1.82, 2.24) is 0 Å². The average Bonchev–Trinajstić information content (AvgIpc) is 2.27. The lowest BCUT2D eigenvalue weighted by molar-refractivity contribution is -0.171. The summed E-state index contributed by atoms with van der Waals surface area (Å²) in [7, 11) is 0. The van der Waals surface area contributed by atoms with Crippen molar-refractivity contribution >= 4 is 24.2 Å². The van der Waals surface area contributed by atoms with Crippen molar-refractivity contribution in [2.75, 3.05) is 0 Å². The second kappa shape index (κ2) is 7.16. The van der Waals surface area contributed by atoms with E-state index in [1.54, 1.807) is 0 Å². The van der Waals surface area contributed by atoms with E-state index in [4.69, 9.17) is 0 Å². The molecule has 0 saturated carbocycles. The van der Waals surface area contributed by atoms with Crippen LogP contribution in [0.4, 0.5) is 0 Å². The van der Waals surface area contributed by atoms with Crippen LogP contribution in [0.25, 0.3) is 0 Å². The summed E-state index contributed by atoms with van der Waals surface area (Å²) in [6, 6.07) is 0. The van der Waals surface area contributed by atoms with E-state index in [-0.39, 0.29) is 11.1 Å². The van der Waals surface area contributed by atoms with Crippen LogP contribution in [0.2, 0.25) is 0 Å². The molecule has 0 aliphatic rings. The van der Waals surface area contributed by atoms with Crippen LogP contribution in [-0.4, -0.2) is 30.3 Å². The Balaban J connectivity index is 4.68. The Morgan fingerprint density at radius 1 is 1.11 bits per heavy atom. The molecule has 0 saturated heterocycles. The third-order valence-corrected chi connectivity index (χ3v) is 1.71. The zero-order chi connectivity index (χ0) is 14.3. The molecule has 0 bridgehead atoms. The van der Waals surface area contributed by atoms with Crippen molar-refractivity contribution < 1.29 is 28.7 Å². The van der Waals surface area contributed by atoms with E-state index in [1.807, 2.05) is 0 Å². The maximum Gasteiger partial charge on any atom is 0.355 e. The van der Waals surface area contributed by atoms with Gasteiger partial charge in [-0.25, -0.2) is 14.4 Å². The van der Waals surface area contributed by atoms with E-state index in [0.717, 1.165) is 0 Å². The molecule has 0 aromatic rings. The first-order valence-electron chi connectivity index (χ1n) is 5.01. The largest absolute Gasteiger partial charge is 0.447 e. The van der Waals surface area contributed by atoms with Crippen LogP contribution < -0.4 is 0 Å². The molecule has 0 radical (unpaired) electrons. The number of hydrogen-bond acceptors (Lipinski definition) is 6. The fourth-order valence-corrected chi connectivity index (χ4v) is 0.754. The van der Waals surface area contributed by atoms with Crippen molar-refractivity contribution in [3.05, 3.63) is 24.3 Å². The van der Waals surface area contributed by atoms with Gasteiger partial charge in [-0.15, -0.1) is 0 Å². The Morgan fingerprint density at radius 2 is 1.61 bits per heavy atom. The van der Waals surface area contributed by atoms with Gasteiger partial charge in [0, 0.05) is 11.1 Å². The number of ether oxygens (including phenoxy) is 2. The van der Waals surface area contributed by atoms with Crippen LogP contribution in [0.1, 0.15) is 20.3 Å². The minimum Gasteiger partial charge on any atom is -0.447 e. The van der Waals surface area contributed by atoms with Crippen LogP contribution >= 0.6 is 0 Å². The van der Waals surface area contributed by atoms with Gasteiger partial charge in [-0.2, -0.15) is 0 Å². The van der Waals surface area contributed by atoms with E-state index in [0.29, 0.717) is 6.29 Å². The number of esters is 3. The van der Waals surface area contributed by atoms with Crippen molar-refractivity contribution in [2.24, 2.45) is 0 Å². The Hall–Kier alpha value is -2.24. The van der Waals surface area contributed by atoms with E-state index in [1.165, 1.54) is 13.8 Å². The molecule has 0 aromatic carbocycles. The highest BCUT2D eigenvalue weighted by Gasteiger charge is 2.26. The van der Waals surface area contributed by atoms with Gasteiger partial charge in [-0.3, -0.25) is 0 Å². The quantitative estimate of drug-likeness (QED) is 0.300. The van der Waals surface area contributed by atoms with Crippen LogP contribution in [-0.2, 0) is 28.7 Å². The molecule has 0 heterocycles. The fourth-order valence-electron chi connectivity index (χ4n) is 0.754. The zero-order valence-corrected chi connectivity index (χ0v) is 10.2. The van der Waals surface area contributed by atoms with Gasteiger partial charge >= 0.3 is 17.9 Å². The topological polar surface area (TPSA) is 86.7 Å². The van der Waals surface area contributed by atoms with Gasteiger partial charge in [-0.1, -0.05) is 13.2 Å². The first-order chi connectivity index (χ1) is 8.29. The summed E-state index contributed by atoms with van der Waals surface area (Å²) >= 11 is 0. The minimum absolute atomic E-state index is 0.0134. The van der Waals surface area contributed by atoms with Crippen molar-refractivity contribution in [3.8, 4) is 0 Å². The third kappa shape index (κ3) is 5.20. The van der Waals surface area contributed by atoms with E-state index in [9.17, 15) is 19.2 Å². The highest BCUT2D eigenvalue weighted by atomic mass is 16.6. The summed E-state index contributed by atoms with van der Waals surface area (Å²) in [6.45, 7) is 9.34. The fraction of sp³-hybridized carbons (Fsp3) is 0.333. The Bertz CT molecular complexity index is 407. The standard InChI is InChI=1S/C12H14O6/c1-7(2)10(14)17-9(5-6-13)12(16)18-11(15)8(3)4/h6,9H,1,3,5H2,2,4H3. The Morgan fingerprint density at radius 3 is 2.00 bits per heavy atom. The molecule has 0 aliphatic carbocycles. The van der Waals surface area contributed by atoms with E-state index in [2.05, 4.69) is 22.6 Å². The van der Waals surface area contributed by atoms with Crippen LogP contribution in [0.5, 0.6) is 0 Å². The summed E-state index contributed by atoms with van der Waals surface area (Å²) in [4.78, 5) is 44.1.